The summed E-state index contributed by atoms with van der Waals surface area (Å²) in [5.74, 6) is -0.499. The summed E-state index contributed by atoms with van der Waals surface area (Å²) in [6, 6.07) is -0.691. The maximum Gasteiger partial charge on any atom is 0.238 e. The topological polar surface area (TPSA) is 69.1 Å². The molecule has 1 unspecified atom stereocenters. The zero-order chi connectivity index (χ0) is 8.97. The fourth-order valence-corrected chi connectivity index (χ4v) is 0.968. The lowest BCUT2D eigenvalue weighted by Crippen LogP contribution is -2.37. The van der Waals surface area contributed by atoms with Gasteiger partial charge in [0, 0.05) is 0 Å². The Bertz CT molecular complexity index is 264. The summed E-state index contributed by atoms with van der Waals surface area (Å²) >= 11 is 0. The zero-order valence-corrected chi connectivity index (χ0v) is 6.73. The second-order valence-corrected chi connectivity index (χ2v) is 2.61. The van der Waals surface area contributed by atoms with Crippen LogP contribution >= 0.6 is 0 Å². The van der Waals surface area contributed by atoms with Crippen LogP contribution in [-0.4, -0.2) is 11.9 Å². The van der Waals surface area contributed by atoms with Gasteiger partial charge in [0.15, 0.2) is 0 Å². The summed E-state index contributed by atoms with van der Waals surface area (Å²) in [5.41, 5.74) is 11.3. The summed E-state index contributed by atoms with van der Waals surface area (Å²) in [6.07, 6.45) is 10.3. The second-order valence-electron chi connectivity index (χ2n) is 2.61. The number of carbonyl (C=O) groups is 1. The maximum absolute atomic E-state index is 10.7. The summed E-state index contributed by atoms with van der Waals surface area (Å²) in [7, 11) is 0. The molecule has 0 radical (unpaired) electrons. The predicted octanol–water partition coefficient (Wildman–Crippen LogP) is 0.241. The average molecular weight is 164 g/mol. The molecule has 0 heterocycles. The van der Waals surface area contributed by atoms with Gasteiger partial charge < -0.3 is 11.5 Å². The van der Waals surface area contributed by atoms with E-state index in [1.807, 2.05) is 24.3 Å². The lowest BCUT2D eigenvalue weighted by molar-refractivity contribution is -0.118. The minimum Gasteiger partial charge on any atom is -0.368 e. The van der Waals surface area contributed by atoms with E-state index in [1.165, 1.54) is 0 Å². The molecular formula is C9H12N2O. The molecule has 0 bridgehead atoms. The van der Waals surface area contributed by atoms with Crippen LogP contribution in [0.3, 0.4) is 0 Å². The molecule has 1 rings (SSSR count). The van der Waals surface area contributed by atoms with E-state index in [4.69, 9.17) is 11.5 Å². The minimum atomic E-state index is -0.691. The first-order valence-electron chi connectivity index (χ1n) is 3.80. The largest absolute Gasteiger partial charge is 0.368 e. The van der Waals surface area contributed by atoms with Crippen molar-refractivity contribution in [3.05, 3.63) is 36.0 Å². The van der Waals surface area contributed by atoms with Crippen LogP contribution in [0.5, 0.6) is 0 Å². The SMILES string of the molecule is NC(=O)C(N)C1=CC=CCC=C1. The third-order valence-electron chi connectivity index (χ3n) is 1.67. The molecule has 0 aromatic heterocycles. The quantitative estimate of drug-likeness (QED) is 0.614. The molecule has 0 spiro atoms. The van der Waals surface area contributed by atoms with Gasteiger partial charge in [0.1, 0.15) is 6.04 Å². The minimum absolute atomic E-state index is 0.499. The molecule has 12 heavy (non-hydrogen) atoms. The normalized spacial score (nSPS) is 18.2. The molecule has 1 aliphatic carbocycles. The Labute approximate surface area is 71.4 Å². The predicted molar refractivity (Wildman–Crippen MR) is 48.1 cm³/mol. The molecule has 4 N–H and O–H groups in total. The Balaban J connectivity index is 2.79. The van der Waals surface area contributed by atoms with Gasteiger partial charge in [0.05, 0.1) is 0 Å². The molecule has 0 saturated carbocycles. The second kappa shape index (κ2) is 3.88. The number of rotatable bonds is 2. The summed E-state index contributed by atoms with van der Waals surface area (Å²) in [5, 5.41) is 0. The first kappa shape index (κ1) is 8.74. The molecule has 0 fully saturated rings. The highest BCUT2D eigenvalue weighted by molar-refractivity contribution is 5.83. The van der Waals surface area contributed by atoms with E-state index in [9.17, 15) is 4.79 Å². The molecule has 1 amide bonds. The van der Waals surface area contributed by atoms with Crippen molar-refractivity contribution >= 4 is 5.91 Å². The van der Waals surface area contributed by atoms with Crippen molar-refractivity contribution in [1.29, 1.82) is 0 Å². The highest BCUT2D eigenvalue weighted by Crippen LogP contribution is 2.07. The van der Waals surface area contributed by atoms with Gasteiger partial charge >= 0.3 is 0 Å². The standard InChI is InChI=1S/C9H12N2O/c10-8(9(11)12)7-5-3-1-2-4-6-7/h1,3-6,8H,2,10H2,(H2,11,12). The number of nitrogens with two attached hydrogens (primary N) is 2. The van der Waals surface area contributed by atoms with Crippen molar-refractivity contribution in [2.24, 2.45) is 11.5 Å². The van der Waals surface area contributed by atoms with E-state index in [0.717, 1.165) is 12.0 Å². The van der Waals surface area contributed by atoms with Gasteiger partial charge in [-0.1, -0.05) is 30.4 Å². The van der Waals surface area contributed by atoms with E-state index in [0.29, 0.717) is 0 Å². The molecular weight excluding hydrogens is 152 g/mol. The summed E-state index contributed by atoms with van der Waals surface area (Å²) < 4.78 is 0. The Morgan fingerprint density at radius 3 is 2.92 bits per heavy atom. The number of primary amides is 1. The van der Waals surface area contributed by atoms with Crippen molar-refractivity contribution < 1.29 is 4.79 Å². The summed E-state index contributed by atoms with van der Waals surface area (Å²) in [6.45, 7) is 0. The lowest BCUT2D eigenvalue weighted by Gasteiger charge is -2.06. The summed E-state index contributed by atoms with van der Waals surface area (Å²) in [4.78, 5) is 10.7. The van der Waals surface area contributed by atoms with Gasteiger partial charge in [0.25, 0.3) is 0 Å². The van der Waals surface area contributed by atoms with E-state index in [-0.39, 0.29) is 0 Å². The number of carbonyl (C=O) groups excluding carboxylic acids is 1. The Morgan fingerprint density at radius 1 is 1.50 bits per heavy atom. The molecule has 3 heteroatoms. The van der Waals surface area contributed by atoms with Crippen molar-refractivity contribution in [3.8, 4) is 0 Å². The van der Waals surface area contributed by atoms with Crippen LogP contribution in [0.2, 0.25) is 0 Å². The third kappa shape index (κ3) is 2.07. The van der Waals surface area contributed by atoms with E-state index >= 15 is 0 Å². The van der Waals surface area contributed by atoms with Crippen molar-refractivity contribution in [3.63, 3.8) is 0 Å². The maximum atomic E-state index is 10.7. The average Bonchev–Trinajstić information content (AvgIpc) is 2.30. The van der Waals surface area contributed by atoms with Crippen LogP contribution in [0.1, 0.15) is 6.42 Å². The highest BCUT2D eigenvalue weighted by Gasteiger charge is 2.11. The van der Waals surface area contributed by atoms with Gasteiger partial charge in [-0.05, 0) is 12.0 Å². The first-order chi connectivity index (χ1) is 5.72. The van der Waals surface area contributed by atoms with E-state index in [1.54, 1.807) is 6.08 Å². The number of allylic oxidation sites excluding steroid dienone is 4. The van der Waals surface area contributed by atoms with Crippen LogP contribution in [0.4, 0.5) is 0 Å². The number of amides is 1. The Morgan fingerprint density at radius 2 is 2.25 bits per heavy atom. The van der Waals surface area contributed by atoms with Gasteiger partial charge in [-0.25, -0.2) is 0 Å². The van der Waals surface area contributed by atoms with E-state index < -0.39 is 11.9 Å². The van der Waals surface area contributed by atoms with Crippen LogP contribution < -0.4 is 11.5 Å². The van der Waals surface area contributed by atoms with E-state index in [2.05, 4.69) is 0 Å². The van der Waals surface area contributed by atoms with Crippen LogP contribution in [0, 0.1) is 0 Å². The zero-order valence-electron chi connectivity index (χ0n) is 6.73. The fraction of sp³-hybridized carbons (Fsp3) is 0.222. The molecule has 0 saturated heterocycles. The number of hydrogen-bond acceptors (Lipinski definition) is 2. The highest BCUT2D eigenvalue weighted by atomic mass is 16.1. The Hall–Kier alpha value is -1.35. The monoisotopic (exact) mass is 164 g/mol. The molecule has 0 aromatic rings. The van der Waals surface area contributed by atoms with Crippen LogP contribution in [-0.2, 0) is 4.79 Å². The van der Waals surface area contributed by atoms with Crippen molar-refractivity contribution in [1.82, 2.24) is 0 Å². The van der Waals surface area contributed by atoms with Gasteiger partial charge in [-0.15, -0.1) is 0 Å². The van der Waals surface area contributed by atoms with Crippen LogP contribution in [0.25, 0.3) is 0 Å². The molecule has 0 aliphatic heterocycles. The smallest absolute Gasteiger partial charge is 0.238 e. The van der Waals surface area contributed by atoms with Gasteiger partial charge in [0.2, 0.25) is 5.91 Å². The molecule has 1 aliphatic rings. The molecule has 64 valence electrons. The molecule has 1 atom stereocenters. The van der Waals surface area contributed by atoms with Crippen molar-refractivity contribution in [2.75, 3.05) is 0 Å². The fourth-order valence-electron chi connectivity index (χ4n) is 0.968. The van der Waals surface area contributed by atoms with Crippen molar-refractivity contribution in [2.45, 2.75) is 12.5 Å². The van der Waals surface area contributed by atoms with Gasteiger partial charge in [-0.3, -0.25) is 4.79 Å². The Kier molecular flexibility index (Phi) is 2.82. The molecule has 3 nitrogen and oxygen atoms in total. The van der Waals surface area contributed by atoms with Crippen LogP contribution in [0.15, 0.2) is 36.0 Å². The number of hydrogen-bond donors (Lipinski definition) is 2. The molecule has 0 aromatic carbocycles. The third-order valence-corrected chi connectivity index (χ3v) is 1.67. The first-order valence-corrected chi connectivity index (χ1v) is 3.80. The van der Waals surface area contributed by atoms with Gasteiger partial charge in [-0.2, -0.15) is 0 Å². The lowest BCUT2D eigenvalue weighted by atomic mass is 10.1.